The van der Waals surface area contributed by atoms with Gasteiger partial charge in [0, 0.05) is 33.3 Å². The van der Waals surface area contributed by atoms with Gasteiger partial charge in [-0.3, -0.25) is 9.52 Å². The summed E-state index contributed by atoms with van der Waals surface area (Å²) in [6, 6.07) is 3.07. The van der Waals surface area contributed by atoms with Crippen LogP contribution in [0.25, 0.3) is 10.9 Å². The molecule has 0 aliphatic carbocycles. The average Bonchev–Trinajstić information content (AvgIpc) is 3.29. The van der Waals surface area contributed by atoms with Gasteiger partial charge >= 0.3 is 10.2 Å². The summed E-state index contributed by atoms with van der Waals surface area (Å²) in [5, 5.41) is 1.43. The van der Waals surface area contributed by atoms with Gasteiger partial charge in [0.05, 0.1) is 40.0 Å². The Kier molecular flexibility index (Phi) is 6.46. The number of rotatable bonds is 6. The molecule has 9 nitrogen and oxygen atoms in total. The van der Waals surface area contributed by atoms with Crippen molar-refractivity contribution in [3.8, 4) is 0 Å². The Morgan fingerprint density at radius 2 is 1.94 bits per heavy atom. The number of methoxy groups -OCH3 is 1. The van der Waals surface area contributed by atoms with Crippen molar-refractivity contribution >= 4 is 49.8 Å². The molecular formula is C20H19ClF3N5O4S. The molecular weight excluding hydrogens is 499 g/mol. The maximum Gasteiger partial charge on any atom is 0.301 e. The highest BCUT2D eigenvalue weighted by Crippen LogP contribution is 2.38. The lowest BCUT2D eigenvalue weighted by atomic mass is 10.2. The van der Waals surface area contributed by atoms with Crippen molar-refractivity contribution in [3.63, 3.8) is 0 Å². The zero-order valence-electron chi connectivity index (χ0n) is 17.9. The highest BCUT2D eigenvalue weighted by atomic mass is 35.5. The van der Waals surface area contributed by atoms with Gasteiger partial charge < -0.3 is 14.6 Å². The quantitative estimate of drug-likeness (QED) is 0.487. The monoisotopic (exact) mass is 517 g/mol. The summed E-state index contributed by atoms with van der Waals surface area (Å²) < 4.78 is 78.9. The minimum absolute atomic E-state index is 0.0605. The Balaban J connectivity index is 1.72. The number of aromatic nitrogens is 2. The molecule has 1 aliphatic heterocycles. The summed E-state index contributed by atoms with van der Waals surface area (Å²) in [6.07, 6.45) is 1.38. The molecule has 182 valence electrons. The Morgan fingerprint density at radius 1 is 1.21 bits per heavy atom. The van der Waals surface area contributed by atoms with Crippen molar-refractivity contribution in [3.05, 3.63) is 57.4 Å². The number of nitrogens with zero attached hydrogens (tertiary/aromatic N) is 3. The van der Waals surface area contributed by atoms with E-state index >= 15 is 4.39 Å². The molecule has 0 saturated carbocycles. The van der Waals surface area contributed by atoms with Gasteiger partial charge in [-0.1, -0.05) is 11.6 Å². The summed E-state index contributed by atoms with van der Waals surface area (Å²) in [5.41, 5.74) is -2.19. The van der Waals surface area contributed by atoms with Gasteiger partial charge in [0.15, 0.2) is 17.5 Å². The minimum atomic E-state index is -4.17. The van der Waals surface area contributed by atoms with E-state index in [1.807, 2.05) is 0 Å². The highest BCUT2D eigenvalue weighted by Gasteiger charge is 2.32. The SMILES string of the molecule is COC1CCN(S(=O)(=O)Nc2cc(F)c(F)c(Nc3ccc4ncn(C)c(=O)c4c3F)c2Cl)C1. The third kappa shape index (κ3) is 4.31. The van der Waals surface area contributed by atoms with Crippen molar-refractivity contribution in [1.82, 2.24) is 13.9 Å². The van der Waals surface area contributed by atoms with Gasteiger partial charge in [-0.2, -0.15) is 12.7 Å². The van der Waals surface area contributed by atoms with Crippen molar-refractivity contribution in [1.29, 1.82) is 0 Å². The maximum atomic E-state index is 15.1. The normalized spacial score (nSPS) is 16.8. The number of hydrogen-bond acceptors (Lipinski definition) is 6. The second-order valence-corrected chi connectivity index (χ2v) is 9.68. The number of hydrogen-bond donors (Lipinski definition) is 2. The van der Waals surface area contributed by atoms with Crippen molar-refractivity contribution in [2.24, 2.45) is 7.05 Å². The molecule has 1 atom stereocenters. The summed E-state index contributed by atoms with van der Waals surface area (Å²) in [5.74, 6) is -3.96. The summed E-state index contributed by atoms with van der Waals surface area (Å²) in [6.45, 7) is 0.231. The van der Waals surface area contributed by atoms with Crippen molar-refractivity contribution in [2.45, 2.75) is 12.5 Å². The van der Waals surface area contributed by atoms with Crippen LogP contribution < -0.4 is 15.6 Å². The van der Waals surface area contributed by atoms with E-state index in [0.29, 0.717) is 12.5 Å². The molecule has 0 radical (unpaired) electrons. The summed E-state index contributed by atoms with van der Waals surface area (Å²) in [4.78, 5) is 16.3. The number of aryl methyl sites for hydroxylation is 1. The van der Waals surface area contributed by atoms with E-state index in [1.54, 1.807) is 0 Å². The van der Waals surface area contributed by atoms with E-state index in [2.05, 4.69) is 15.0 Å². The van der Waals surface area contributed by atoms with Crippen molar-refractivity contribution < 1.29 is 26.3 Å². The van der Waals surface area contributed by atoms with Gasteiger partial charge in [0.2, 0.25) is 0 Å². The van der Waals surface area contributed by atoms with E-state index < -0.39 is 49.6 Å². The smallest absolute Gasteiger partial charge is 0.301 e. The summed E-state index contributed by atoms with van der Waals surface area (Å²) >= 11 is 6.19. The number of nitrogens with one attached hydrogen (secondary N) is 2. The number of fused-ring (bicyclic) bond motifs is 1. The number of benzene rings is 2. The van der Waals surface area contributed by atoms with Crippen LogP contribution in [0.1, 0.15) is 6.42 Å². The molecule has 0 amide bonds. The lowest BCUT2D eigenvalue weighted by Crippen LogP contribution is -2.35. The van der Waals surface area contributed by atoms with Crippen LogP contribution in [-0.4, -0.2) is 48.6 Å². The van der Waals surface area contributed by atoms with Crippen molar-refractivity contribution in [2.75, 3.05) is 30.2 Å². The topological polar surface area (TPSA) is 106 Å². The molecule has 2 aromatic carbocycles. The van der Waals surface area contributed by atoms with Crippen LogP contribution in [-0.2, 0) is 22.0 Å². The van der Waals surface area contributed by atoms with Crippen LogP contribution in [0.15, 0.2) is 29.3 Å². The molecule has 2 heterocycles. The minimum Gasteiger partial charge on any atom is -0.380 e. The Morgan fingerprint density at radius 3 is 2.62 bits per heavy atom. The highest BCUT2D eigenvalue weighted by molar-refractivity contribution is 7.90. The lowest BCUT2D eigenvalue weighted by Gasteiger charge is -2.20. The van der Waals surface area contributed by atoms with Gasteiger partial charge in [0.25, 0.3) is 5.56 Å². The second-order valence-electron chi connectivity index (χ2n) is 7.63. The standard InChI is InChI=1S/C20H19ClF3N5O4S/c1-28-9-25-12-3-4-13(18(24)15(12)20(28)30)26-19-16(21)14(7-11(22)17(19)23)27-34(31,32)29-6-5-10(8-29)33-2/h3-4,7,9-10,26-27H,5-6,8H2,1-2H3. The molecule has 1 saturated heterocycles. The van der Waals surface area contributed by atoms with Crippen LogP contribution >= 0.6 is 11.6 Å². The molecule has 1 aromatic heterocycles. The number of anilines is 3. The zero-order chi connectivity index (χ0) is 24.8. The van der Waals surface area contributed by atoms with Crippen LogP contribution in [0.4, 0.5) is 30.2 Å². The molecule has 1 unspecified atom stereocenters. The first-order valence-corrected chi connectivity index (χ1v) is 11.7. The first-order valence-electron chi connectivity index (χ1n) is 9.92. The van der Waals surface area contributed by atoms with Gasteiger partial charge in [0.1, 0.15) is 5.39 Å². The van der Waals surface area contributed by atoms with Gasteiger partial charge in [-0.25, -0.2) is 18.2 Å². The summed E-state index contributed by atoms with van der Waals surface area (Å²) in [7, 11) is -1.34. The molecule has 3 aromatic rings. The Hall–Kier alpha value is -2.87. The fourth-order valence-corrected chi connectivity index (χ4v) is 5.15. The van der Waals surface area contributed by atoms with Gasteiger partial charge in [-0.15, -0.1) is 0 Å². The van der Waals surface area contributed by atoms with E-state index in [0.717, 1.165) is 8.87 Å². The molecule has 1 fully saturated rings. The van der Waals surface area contributed by atoms with E-state index in [1.165, 1.54) is 32.6 Å². The van der Waals surface area contributed by atoms with E-state index in [4.69, 9.17) is 16.3 Å². The number of halogens is 4. The molecule has 0 bridgehead atoms. The van der Waals surface area contributed by atoms with Crippen LogP contribution in [0.2, 0.25) is 5.02 Å². The molecule has 14 heteroatoms. The molecule has 1 aliphatic rings. The maximum absolute atomic E-state index is 15.1. The van der Waals surface area contributed by atoms with Crippen LogP contribution in [0.5, 0.6) is 0 Å². The predicted octanol–water partition coefficient (Wildman–Crippen LogP) is 3.13. The van der Waals surface area contributed by atoms with Crippen LogP contribution in [0, 0.1) is 17.5 Å². The van der Waals surface area contributed by atoms with Gasteiger partial charge in [-0.05, 0) is 18.6 Å². The molecule has 2 N–H and O–H groups in total. The average molecular weight is 518 g/mol. The third-order valence-electron chi connectivity index (χ3n) is 5.46. The predicted molar refractivity (Wildman–Crippen MR) is 121 cm³/mol. The van der Waals surface area contributed by atoms with E-state index in [-0.39, 0.29) is 35.8 Å². The van der Waals surface area contributed by atoms with E-state index in [9.17, 15) is 22.0 Å². The molecule has 0 spiro atoms. The Bertz CT molecular complexity index is 1450. The lowest BCUT2D eigenvalue weighted by molar-refractivity contribution is 0.115. The molecule has 4 rings (SSSR count). The molecule has 34 heavy (non-hydrogen) atoms. The van der Waals surface area contributed by atoms with Crippen LogP contribution in [0.3, 0.4) is 0 Å². The first-order chi connectivity index (χ1) is 16.0. The fourth-order valence-electron chi connectivity index (χ4n) is 3.59. The largest absolute Gasteiger partial charge is 0.380 e. The zero-order valence-corrected chi connectivity index (χ0v) is 19.5. The number of ether oxygens (including phenoxy) is 1. The first kappa shape index (κ1) is 24.3. The Labute approximate surface area is 197 Å². The fraction of sp³-hybridized carbons (Fsp3) is 0.300. The second kappa shape index (κ2) is 9.06. The third-order valence-corrected chi connectivity index (χ3v) is 7.34.